The molecule has 3 rings (SSSR count). The Morgan fingerprint density at radius 2 is 2.22 bits per heavy atom. The van der Waals surface area contributed by atoms with Gasteiger partial charge in [0.2, 0.25) is 0 Å². The van der Waals surface area contributed by atoms with E-state index in [1.807, 2.05) is 18.2 Å². The first kappa shape index (κ1) is 15.8. The van der Waals surface area contributed by atoms with Crippen molar-refractivity contribution >= 4 is 22.5 Å². The molecule has 2 aromatic rings. The summed E-state index contributed by atoms with van der Waals surface area (Å²) in [6.45, 7) is 2.83. The maximum atomic E-state index is 10.1. The highest BCUT2D eigenvalue weighted by Gasteiger charge is 2.16. The van der Waals surface area contributed by atoms with Gasteiger partial charge >= 0.3 is 0 Å². The van der Waals surface area contributed by atoms with Gasteiger partial charge in [0.1, 0.15) is 0 Å². The average Bonchev–Trinajstić information content (AvgIpc) is 2.80. The minimum atomic E-state index is 0.184. The fraction of sp³-hybridized carbons (Fsp3) is 0.353. The number of aromatic hydroxyl groups is 1. The first-order valence-electron chi connectivity index (χ1n) is 7.66. The van der Waals surface area contributed by atoms with Crippen molar-refractivity contribution in [2.75, 3.05) is 32.5 Å². The number of fused-ring (bicyclic) bond motifs is 1. The smallest absolute Gasteiger partial charge is 0.180 e. The number of thiazole rings is 1. The molecule has 1 aliphatic rings. The number of aromatic nitrogens is 1. The van der Waals surface area contributed by atoms with Crippen LogP contribution in [0.3, 0.4) is 0 Å². The Kier molecular flexibility index (Phi) is 4.83. The van der Waals surface area contributed by atoms with E-state index in [-0.39, 0.29) is 5.75 Å². The van der Waals surface area contributed by atoms with Crippen molar-refractivity contribution in [1.82, 2.24) is 9.88 Å². The summed E-state index contributed by atoms with van der Waals surface area (Å²) in [7, 11) is 1.55. The van der Waals surface area contributed by atoms with Crippen LogP contribution in [0.1, 0.15) is 16.1 Å². The lowest BCUT2D eigenvalue weighted by atomic mass is 10.1. The van der Waals surface area contributed by atoms with Crippen LogP contribution in [0.25, 0.3) is 6.08 Å². The van der Waals surface area contributed by atoms with Crippen molar-refractivity contribution in [3.63, 3.8) is 0 Å². The van der Waals surface area contributed by atoms with Crippen molar-refractivity contribution in [1.29, 1.82) is 0 Å². The van der Waals surface area contributed by atoms with E-state index in [2.05, 4.69) is 16.0 Å². The van der Waals surface area contributed by atoms with Gasteiger partial charge in [0, 0.05) is 36.5 Å². The van der Waals surface area contributed by atoms with Gasteiger partial charge in [0.15, 0.2) is 16.6 Å². The standard InChI is InChI=1S/C17H21N3O2S/c1-22-14-6-2-4-12(16(14)21)5-3-9-20-10-7-13-15(8-11-20)23-17(18)19-13/h2-6,21H,7-11H2,1H3,(H2,18,19). The Labute approximate surface area is 140 Å². The number of hydrogen-bond acceptors (Lipinski definition) is 6. The van der Waals surface area contributed by atoms with Crippen LogP contribution in [-0.4, -0.2) is 41.7 Å². The van der Waals surface area contributed by atoms with Gasteiger partial charge in [-0.15, -0.1) is 11.3 Å². The summed E-state index contributed by atoms with van der Waals surface area (Å²) < 4.78 is 5.12. The monoisotopic (exact) mass is 331 g/mol. The predicted molar refractivity (Wildman–Crippen MR) is 94.1 cm³/mol. The van der Waals surface area contributed by atoms with E-state index in [4.69, 9.17) is 10.5 Å². The zero-order chi connectivity index (χ0) is 16.2. The molecule has 1 aromatic carbocycles. The van der Waals surface area contributed by atoms with Crippen LogP contribution in [0.2, 0.25) is 0 Å². The third-order valence-electron chi connectivity index (χ3n) is 4.03. The van der Waals surface area contributed by atoms with Crippen LogP contribution in [0.4, 0.5) is 5.13 Å². The summed E-state index contributed by atoms with van der Waals surface area (Å²) in [6.07, 6.45) is 5.97. The Bertz CT molecular complexity index is 686. The molecule has 6 heteroatoms. The number of para-hydroxylation sites is 1. The van der Waals surface area contributed by atoms with E-state index in [0.717, 1.165) is 43.7 Å². The Morgan fingerprint density at radius 3 is 3.04 bits per heavy atom. The summed E-state index contributed by atoms with van der Waals surface area (Å²) in [6, 6.07) is 5.50. The van der Waals surface area contributed by atoms with E-state index >= 15 is 0 Å². The number of phenolic OH excluding ortho intramolecular Hbond substituents is 1. The minimum Gasteiger partial charge on any atom is -0.504 e. The SMILES string of the molecule is COc1cccc(C=CCN2CCc3nc(N)sc3CC2)c1O. The second-order valence-corrected chi connectivity index (χ2v) is 6.64. The number of rotatable bonds is 4. The number of nitrogen functional groups attached to an aromatic ring is 1. The summed E-state index contributed by atoms with van der Waals surface area (Å²) in [5.74, 6) is 0.680. The molecule has 0 spiro atoms. The topological polar surface area (TPSA) is 71.6 Å². The van der Waals surface area contributed by atoms with Gasteiger partial charge in [-0.3, -0.25) is 4.90 Å². The van der Waals surface area contributed by atoms with Crippen LogP contribution in [-0.2, 0) is 12.8 Å². The molecule has 0 fully saturated rings. The van der Waals surface area contributed by atoms with Gasteiger partial charge in [0.05, 0.1) is 12.8 Å². The zero-order valence-electron chi connectivity index (χ0n) is 13.2. The van der Waals surface area contributed by atoms with Gasteiger partial charge < -0.3 is 15.6 Å². The third-order valence-corrected chi connectivity index (χ3v) is 5.01. The van der Waals surface area contributed by atoms with E-state index in [0.29, 0.717) is 10.9 Å². The molecule has 2 heterocycles. The maximum absolute atomic E-state index is 10.1. The quantitative estimate of drug-likeness (QED) is 0.901. The van der Waals surface area contributed by atoms with Crippen molar-refractivity contribution in [3.05, 3.63) is 40.4 Å². The molecule has 0 radical (unpaired) electrons. The van der Waals surface area contributed by atoms with Crippen LogP contribution in [0.5, 0.6) is 11.5 Å². The molecular formula is C17H21N3O2S. The van der Waals surface area contributed by atoms with E-state index in [1.165, 1.54) is 4.88 Å². The van der Waals surface area contributed by atoms with Crippen LogP contribution in [0.15, 0.2) is 24.3 Å². The second-order valence-electron chi connectivity index (χ2n) is 5.52. The summed E-state index contributed by atoms with van der Waals surface area (Å²) in [5.41, 5.74) is 7.70. The number of ether oxygens (including phenoxy) is 1. The minimum absolute atomic E-state index is 0.184. The van der Waals surface area contributed by atoms with Gasteiger partial charge in [-0.05, 0) is 12.5 Å². The number of benzene rings is 1. The summed E-state index contributed by atoms with van der Waals surface area (Å²) in [5, 5.41) is 10.8. The Hall–Kier alpha value is -2.05. The van der Waals surface area contributed by atoms with Crippen LogP contribution < -0.4 is 10.5 Å². The highest BCUT2D eigenvalue weighted by molar-refractivity contribution is 7.15. The fourth-order valence-corrected chi connectivity index (χ4v) is 3.65. The van der Waals surface area contributed by atoms with Gasteiger partial charge in [-0.1, -0.05) is 24.3 Å². The third kappa shape index (κ3) is 3.65. The number of phenols is 1. The molecule has 3 N–H and O–H groups in total. The van der Waals surface area contributed by atoms with Crippen molar-refractivity contribution in [2.45, 2.75) is 12.8 Å². The molecule has 0 amide bonds. The van der Waals surface area contributed by atoms with E-state index in [9.17, 15) is 5.11 Å². The van der Waals surface area contributed by atoms with Crippen molar-refractivity contribution in [3.8, 4) is 11.5 Å². The Balaban J connectivity index is 1.60. The second kappa shape index (κ2) is 7.02. The summed E-state index contributed by atoms with van der Waals surface area (Å²) >= 11 is 1.61. The number of hydrogen-bond donors (Lipinski definition) is 2. The Morgan fingerprint density at radius 1 is 1.39 bits per heavy atom. The highest BCUT2D eigenvalue weighted by Crippen LogP contribution is 2.30. The number of methoxy groups -OCH3 is 1. The van der Waals surface area contributed by atoms with Crippen molar-refractivity contribution < 1.29 is 9.84 Å². The maximum Gasteiger partial charge on any atom is 0.180 e. The lowest BCUT2D eigenvalue weighted by molar-refractivity contribution is 0.318. The largest absolute Gasteiger partial charge is 0.504 e. The summed E-state index contributed by atoms with van der Waals surface area (Å²) in [4.78, 5) is 8.11. The molecule has 0 saturated heterocycles. The molecule has 1 aliphatic heterocycles. The molecule has 0 saturated carbocycles. The lowest BCUT2D eigenvalue weighted by Crippen LogP contribution is -2.26. The highest BCUT2D eigenvalue weighted by atomic mass is 32.1. The molecule has 1 aromatic heterocycles. The first-order chi connectivity index (χ1) is 11.2. The normalized spacial score (nSPS) is 15.5. The molecule has 5 nitrogen and oxygen atoms in total. The lowest BCUT2D eigenvalue weighted by Gasteiger charge is -2.17. The van der Waals surface area contributed by atoms with Gasteiger partial charge in [-0.25, -0.2) is 4.98 Å². The molecule has 0 atom stereocenters. The molecule has 0 unspecified atom stereocenters. The van der Waals surface area contributed by atoms with Crippen LogP contribution >= 0.6 is 11.3 Å². The molecular weight excluding hydrogens is 310 g/mol. The van der Waals surface area contributed by atoms with Crippen LogP contribution in [0, 0.1) is 0 Å². The zero-order valence-corrected chi connectivity index (χ0v) is 14.0. The average molecular weight is 331 g/mol. The number of anilines is 1. The van der Waals surface area contributed by atoms with Crippen molar-refractivity contribution in [2.24, 2.45) is 0 Å². The fourth-order valence-electron chi connectivity index (χ4n) is 2.78. The molecule has 23 heavy (non-hydrogen) atoms. The van der Waals surface area contributed by atoms with Gasteiger partial charge in [-0.2, -0.15) is 0 Å². The predicted octanol–water partition coefficient (Wildman–Crippen LogP) is 2.55. The number of nitrogens with zero attached hydrogens (tertiary/aromatic N) is 2. The van der Waals surface area contributed by atoms with Gasteiger partial charge in [0.25, 0.3) is 0 Å². The first-order valence-corrected chi connectivity index (χ1v) is 8.48. The van der Waals surface area contributed by atoms with E-state index in [1.54, 1.807) is 24.5 Å². The molecule has 0 aliphatic carbocycles. The number of nitrogens with two attached hydrogens (primary N) is 1. The van der Waals surface area contributed by atoms with E-state index < -0.39 is 0 Å². The molecule has 122 valence electrons. The molecule has 0 bridgehead atoms.